The average molecular weight is 328 g/mol. The maximum absolute atomic E-state index is 13.8. The first-order valence-electron chi connectivity index (χ1n) is 5.68. The van der Waals surface area contributed by atoms with Gasteiger partial charge in [-0.1, -0.05) is 0 Å². The lowest BCUT2D eigenvalue weighted by Gasteiger charge is -2.10. The summed E-state index contributed by atoms with van der Waals surface area (Å²) in [5, 5.41) is 16.8. The summed E-state index contributed by atoms with van der Waals surface area (Å²) >= 11 is 0. The molecule has 0 fully saturated rings. The highest BCUT2D eigenvalue weighted by molar-refractivity contribution is 5.66. The third kappa shape index (κ3) is 2.55. The van der Waals surface area contributed by atoms with E-state index in [0.717, 1.165) is 6.07 Å². The fourth-order valence-corrected chi connectivity index (χ4v) is 1.75. The number of nitrogens with zero attached hydrogens (tertiary/aromatic N) is 4. The molecule has 23 heavy (non-hydrogen) atoms. The normalized spacial score (nSPS) is 10.3. The van der Waals surface area contributed by atoms with Crippen molar-refractivity contribution in [2.24, 2.45) is 0 Å². The van der Waals surface area contributed by atoms with E-state index in [9.17, 15) is 26.3 Å². The van der Waals surface area contributed by atoms with E-state index in [-0.39, 0.29) is 0 Å². The van der Waals surface area contributed by atoms with Gasteiger partial charge in [-0.05, 0) is 0 Å². The number of benzene rings is 1. The molecule has 2 aromatic rings. The van der Waals surface area contributed by atoms with Crippen molar-refractivity contribution >= 4 is 0 Å². The van der Waals surface area contributed by atoms with Gasteiger partial charge in [0.05, 0.1) is 23.6 Å². The van der Waals surface area contributed by atoms with Crippen LogP contribution in [0.1, 0.15) is 11.4 Å². The number of halogens is 6. The Morgan fingerprint density at radius 3 is 1.61 bits per heavy atom. The highest BCUT2D eigenvalue weighted by Crippen LogP contribution is 2.34. The van der Waals surface area contributed by atoms with Crippen molar-refractivity contribution in [3.8, 4) is 23.3 Å². The molecule has 0 saturated heterocycles. The lowest BCUT2D eigenvalue weighted by molar-refractivity contribution is 0.449. The number of rotatable bonds is 2. The molecule has 116 valence electrons. The van der Waals surface area contributed by atoms with Crippen LogP contribution in [0.3, 0.4) is 0 Å². The third-order valence-electron chi connectivity index (χ3n) is 2.73. The minimum absolute atomic E-state index is 0.602. The second-order valence-electron chi connectivity index (χ2n) is 4.05. The van der Waals surface area contributed by atoms with Crippen LogP contribution in [0.2, 0.25) is 0 Å². The Morgan fingerprint density at radius 2 is 1.22 bits per heavy atom. The van der Waals surface area contributed by atoms with Crippen molar-refractivity contribution in [3.05, 3.63) is 46.6 Å². The van der Waals surface area contributed by atoms with Crippen molar-refractivity contribution in [1.82, 2.24) is 9.97 Å². The Balaban J connectivity index is 2.84. The molecule has 0 atom stereocenters. The summed E-state index contributed by atoms with van der Waals surface area (Å²) in [6.07, 6.45) is -0.602. The van der Waals surface area contributed by atoms with Crippen LogP contribution in [0.5, 0.6) is 0 Å². The van der Waals surface area contributed by atoms with Gasteiger partial charge in [0.25, 0.3) is 0 Å². The molecule has 1 aromatic heterocycles. The van der Waals surface area contributed by atoms with E-state index < -0.39 is 64.1 Å². The SMILES string of the molecule is N#CCc1nc(F)c(-c2c(F)c(F)c(C#N)c(F)c2F)c(F)n1. The molecule has 0 aliphatic heterocycles. The van der Waals surface area contributed by atoms with E-state index in [4.69, 9.17) is 10.5 Å². The molecule has 0 N–H and O–H groups in total. The Morgan fingerprint density at radius 1 is 0.739 bits per heavy atom. The van der Waals surface area contributed by atoms with Gasteiger partial charge in [0.2, 0.25) is 11.9 Å². The van der Waals surface area contributed by atoms with Crippen LogP contribution in [0, 0.1) is 57.8 Å². The zero-order valence-corrected chi connectivity index (χ0v) is 10.8. The molecule has 0 bridgehead atoms. The van der Waals surface area contributed by atoms with Crippen LogP contribution < -0.4 is 0 Å². The Labute approximate surface area is 124 Å². The quantitative estimate of drug-likeness (QED) is 0.483. The van der Waals surface area contributed by atoms with Gasteiger partial charge in [-0.3, -0.25) is 0 Å². The number of hydrogen-bond acceptors (Lipinski definition) is 4. The Kier molecular flexibility index (Phi) is 4.18. The van der Waals surface area contributed by atoms with E-state index in [1.165, 1.54) is 6.07 Å². The summed E-state index contributed by atoms with van der Waals surface area (Å²) in [6, 6.07) is 2.39. The molecule has 2 rings (SSSR count). The summed E-state index contributed by atoms with van der Waals surface area (Å²) in [5.74, 6) is -12.8. The molecule has 0 saturated carbocycles. The Bertz CT molecular complexity index is 845. The summed E-state index contributed by atoms with van der Waals surface area (Å²) in [7, 11) is 0. The standard InChI is InChI=1S/C13H2F6N4/c14-8-4(3-21)9(15)11(17)6(10(8)16)7-12(18)22-5(1-2-20)23-13(7)19/h1H2. The van der Waals surface area contributed by atoms with Crippen LogP contribution in [-0.4, -0.2) is 9.97 Å². The molecule has 1 aromatic carbocycles. The molecular formula is C13H2F6N4. The second-order valence-corrected chi connectivity index (χ2v) is 4.05. The first-order chi connectivity index (χ1) is 10.8. The first kappa shape index (κ1) is 16.2. The van der Waals surface area contributed by atoms with Crippen LogP contribution in [0.4, 0.5) is 26.3 Å². The van der Waals surface area contributed by atoms with E-state index in [0.29, 0.717) is 0 Å². The van der Waals surface area contributed by atoms with Gasteiger partial charge in [-0.15, -0.1) is 0 Å². The first-order valence-corrected chi connectivity index (χ1v) is 5.68. The number of nitriles is 2. The van der Waals surface area contributed by atoms with Gasteiger partial charge in [-0.2, -0.15) is 19.3 Å². The largest absolute Gasteiger partial charge is 0.227 e. The van der Waals surface area contributed by atoms with Gasteiger partial charge in [-0.25, -0.2) is 27.5 Å². The van der Waals surface area contributed by atoms with E-state index in [1.807, 2.05) is 0 Å². The lowest BCUT2D eigenvalue weighted by Crippen LogP contribution is -2.09. The van der Waals surface area contributed by atoms with Crippen molar-refractivity contribution in [3.63, 3.8) is 0 Å². The van der Waals surface area contributed by atoms with Gasteiger partial charge < -0.3 is 0 Å². The third-order valence-corrected chi connectivity index (χ3v) is 2.73. The summed E-state index contributed by atoms with van der Waals surface area (Å²) in [4.78, 5) is 6.00. The minimum Gasteiger partial charge on any atom is -0.203 e. The zero-order chi connectivity index (χ0) is 17.3. The molecule has 4 nitrogen and oxygen atoms in total. The fourth-order valence-electron chi connectivity index (χ4n) is 1.75. The zero-order valence-electron chi connectivity index (χ0n) is 10.8. The molecule has 0 spiro atoms. The van der Waals surface area contributed by atoms with Crippen LogP contribution in [0.25, 0.3) is 11.1 Å². The van der Waals surface area contributed by atoms with E-state index in [2.05, 4.69) is 9.97 Å². The highest BCUT2D eigenvalue weighted by atomic mass is 19.2. The molecular weight excluding hydrogens is 326 g/mol. The molecule has 0 amide bonds. The van der Waals surface area contributed by atoms with Crippen LogP contribution in [-0.2, 0) is 6.42 Å². The Hall–Kier alpha value is -3.14. The monoisotopic (exact) mass is 328 g/mol. The van der Waals surface area contributed by atoms with Crippen molar-refractivity contribution in [1.29, 1.82) is 10.5 Å². The van der Waals surface area contributed by atoms with Crippen LogP contribution >= 0.6 is 0 Å². The molecule has 0 radical (unpaired) electrons. The van der Waals surface area contributed by atoms with Gasteiger partial charge in [0.1, 0.15) is 17.5 Å². The topological polar surface area (TPSA) is 73.4 Å². The molecule has 0 unspecified atom stereocenters. The maximum Gasteiger partial charge on any atom is 0.227 e. The second kappa shape index (κ2) is 5.93. The number of aromatic nitrogens is 2. The predicted molar refractivity (Wildman–Crippen MR) is 61.2 cm³/mol. The van der Waals surface area contributed by atoms with Gasteiger partial charge in [0, 0.05) is 0 Å². The van der Waals surface area contributed by atoms with Crippen LogP contribution in [0.15, 0.2) is 0 Å². The smallest absolute Gasteiger partial charge is 0.203 e. The summed E-state index contributed by atoms with van der Waals surface area (Å²) < 4.78 is 82.2. The summed E-state index contributed by atoms with van der Waals surface area (Å²) in [6.45, 7) is 0. The van der Waals surface area contributed by atoms with E-state index in [1.54, 1.807) is 0 Å². The van der Waals surface area contributed by atoms with Crippen molar-refractivity contribution in [2.75, 3.05) is 0 Å². The lowest BCUT2D eigenvalue weighted by atomic mass is 10.0. The van der Waals surface area contributed by atoms with E-state index >= 15 is 0 Å². The van der Waals surface area contributed by atoms with Gasteiger partial charge >= 0.3 is 0 Å². The molecule has 0 aliphatic carbocycles. The number of hydrogen-bond donors (Lipinski definition) is 0. The molecule has 1 heterocycles. The maximum atomic E-state index is 13.8. The molecule has 0 aliphatic rings. The fraction of sp³-hybridized carbons (Fsp3) is 0.0769. The van der Waals surface area contributed by atoms with Gasteiger partial charge in [0.15, 0.2) is 23.3 Å². The predicted octanol–water partition coefficient (Wildman–Crippen LogP) is 2.92. The summed E-state index contributed by atoms with van der Waals surface area (Å²) in [5.41, 5.74) is -4.85. The van der Waals surface area contributed by atoms with Crippen molar-refractivity contribution < 1.29 is 26.3 Å². The average Bonchev–Trinajstić information content (AvgIpc) is 2.49. The van der Waals surface area contributed by atoms with Crippen molar-refractivity contribution in [2.45, 2.75) is 6.42 Å². The highest BCUT2D eigenvalue weighted by Gasteiger charge is 2.31. The minimum atomic E-state index is -2.17. The molecule has 10 heteroatoms.